The molecule has 3 saturated heterocycles. The fourth-order valence-corrected chi connectivity index (χ4v) is 7.43. The topological polar surface area (TPSA) is 61.7 Å². The van der Waals surface area contributed by atoms with Crippen molar-refractivity contribution in [3.63, 3.8) is 0 Å². The summed E-state index contributed by atoms with van der Waals surface area (Å²) in [6.45, 7) is 5.47. The summed E-state index contributed by atoms with van der Waals surface area (Å²) in [6, 6.07) is 10.4. The molecule has 0 radical (unpaired) electrons. The normalized spacial score (nSPS) is 22.5. The maximum absolute atomic E-state index is 14.8. The van der Waals surface area contributed by atoms with Crippen LogP contribution in [0, 0.1) is 25.1 Å². The molecule has 3 aliphatic heterocycles. The molecule has 42 heavy (non-hydrogen) atoms. The number of alkyl halides is 1. The van der Waals surface area contributed by atoms with Crippen molar-refractivity contribution in [1.29, 1.82) is 0 Å². The zero-order valence-electron chi connectivity index (χ0n) is 23.8. The van der Waals surface area contributed by atoms with Gasteiger partial charge in [-0.1, -0.05) is 18.1 Å². The number of nitrogens with zero attached hydrogens (tertiary/aromatic N) is 4. The van der Waals surface area contributed by atoms with Crippen molar-refractivity contribution in [2.45, 2.75) is 57.2 Å². The molecular weight excluding hydrogens is 534 g/mol. The van der Waals surface area contributed by atoms with Crippen LogP contribution in [0.1, 0.15) is 49.7 Å². The number of rotatable bonds is 5. The number of ether oxygens (including phenoxy) is 1. The molecule has 0 aliphatic carbocycles. The van der Waals surface area contributed by atoms with Crippen molar-refractivity contribution in [3.05, 3.63) is 53.3 Å². The van der Waals surface area contributed by atoms with Gasteiger partial charge in [-0.25, -0.2) is 8.78 Å². The first-order valence-corrected chi connectivity index (χ1v) is 14.9. The van der Waals surface area contributed by atoms with Crippen molar-refractivity contribution in [2.24, 2.45) is 0 Å². The molecule has 4 aromatic rings. The van der Waals surface area contributed by atoms with Gasteiger partial charge in [0.05, 0.1) is 16.6 Å². The van der Waals surface area contributed by atoms with Gasteiger partial charge in [-0.2, -0.15) is 9.97 Å². The van der Waals surface area contributed by atoms with Crippen LogP contribution in [-0.2, 0) is 0 Å². The number of hydrogen-bond donors (Lipinski definition) is 1. The van der Waals surface area contributed by atoms with Crippen LogP contribution in [0.25, 0.3) is 32.8 Å². The molecule has 3 fully saturated rings. The van der Waals surface area contributed by atoms with Crippen LogP contribution >= 0.6 is 0 Å². The molecule has 6 nitrogen and oxygen atoms in total. The summed E-state index contributed by atoms with van der Waals surface area (Å²) in [6.07, 6.45) is 10.7. The number of fused-ring (bicyclic) bond motifs is 3. The predicted molar refractivity (Wildman–Crippen MR) is 161 cm³/mol. The quantitative estimate of drug-likeness (QED) is 0.276. The molecule has 3 aliphatic rings. The maximum Gasteiger partial charge on any atom is 0.319 e. The number of phenolic OH excluding ortho intramolecular Hbond substituents is 1. The van der Waals surface area contributed by atoms with E-state index in [0.29, 0.717) is 35.9 Å². The Morgan fingerprint density at radius 2 is 1.90 bits per heavy atom. The molecule has 0 bridgehead atoms. The van der Waals surface area contributed by atoms with E-state index in [2.05, 4.69) is 15.7 Å². The Kier molecular flexibility index (Phi) is 6.66. The van der Waals surface area contributed by atoms with Crippen LogP contribution in [0.2, 0.25) is 0 Å². The average molecular weight is 569 g/mol. The van der Waals surface area contributed by atoms with Gasteiger partial charge in [0.1, 0.15) is 30.2 Å². The van der Waals surface area contributed by atoms with Gasteiger partial charge >= 0.3 is 6.01 Å². The van der Waals surface area contributed by atoms with Crippen molar-refractivity contribution in [2.75, 3.05) is 37.7 Å². The van der Waals surface area contributed by atoms with E-state index in [9.17, 15) is 13.9 Å². The summed E-state index contributed by atoms with van der Waals surface area (Å²) in [5.74, 6) is 2.92. The summed E-state index contributed by atoms with van der Waals surface area (Å²) in [5, 5.41) is 12.7. The first-order chi connectivity index (χ1) is 20.4. The Balaban J connectivity index is 1.38. The molecule has 0 amide bonds. The minimum Gasteiger partial charge on any atom is -0.508 e. The van der Waals surface area contributed by atoms with Crippen molar-refractivity contribution < 1.29 is 18.6 Å². The smallest absolute Gasteiger partial charge is 0.319 e. The summed E-state index contributed by atoms with van der Waals surface area (Å²) >= 11 is 0. The van der Waals surface area contributed by atoms with Crippen LogP contribution in [0.4, 0.5) is 14.6 Å². The molecule has 216 valence electrons. The molecule has 2 atom stereocenters. The highest BCUT2D eigenvalue weighted by Crippen LogP contribution is 2.42. The number of anilines is 1. The largest absolute Gasteiger partial charge is 0.508 e. The maximum atomic E-state index is 14.8. The Morgan fingerprint density at radius 1 is 1.07 bits per heavy atom. The molecule has 1 N–H and O–H groups in total. The molecule has 1 aromatic heterocycles. The number of piperidine rings is 1. The van der Waals surface area contributed by atoms with E-state index >= 15 is 0 Å². The number of aromatic nitrogens is 2. The second-order valence-electron chi connectivity index (χ2n) is 12.0. The molecule has 4 heterocycles. The van der Waals surface area contributed by atoms with Crippen LogP contribution in [-0.4, -0.2) is 64.5 Å². The number of aromatic hydroxyl groups is 1. The monoisotopic (exact) mass is 568 g/mol. The van der Waals surface area contributed by atoms with Crippen molar-refractivity contribution in [3.8, 4) is 35.2 Å². The van der Waals surface area contributed by atoms with E-state index in [-0.39, 0.29) is 22.9 Å². The third kappa shape index (κ3) is 4.42. The third-order valence-electron chi connectivity index (χ3n) is 9.45. The van der Waals surface area contributed by atoms with Gasteiger partial charge in [0.25, 0.3) is 0 Å². The Bertz CT molecular complexity index is 1750. The van der Waals surface area contributed by atoms with E-state index in [0.717, 1.165) is 73.2 Å². The number of terminal acetylenes is 1. The molecular formula is C34H34F2N4O2. The SMILES string of the molecule is C#Cc1c(F)ccc2cc(O)cc(-c3ccc4c(N5CCCCC5)nc(OCC56CCCN5CC(F)C6)nc4c3C)c12. The lowest BCUT2D eigenvalue weighted by Gasteiger charge is -2.31. The highest BCUT2D eigenvalue weighted by Gasteiger charge is 2.49. The summed E-state index contributed by atoms with van der Waals surface area (Å²) in [7, 11) is 0. The predicted octanol–water partition coefficient (Wildman–Crippen LogP) is 6.53. The number of phenols is 1. The Hall–Kier alpha value is -3.96. The minimum atomic E-state index is -0.838. The van der Waals surface area contributed by atoms with Crippen LogP contribution in [0.15, 0.2) is 36.4 Å². The van der Waals surface area contributed by atoms with E-state index in [4.69, 9.17) is 21.1 Å². The fraction of sp³-hybridized carbons (Fsp3) is 0.412. The van der Waals surface area contributed by atoms with Crippen molar-refractivity contribution in [1.82, 2.24) is 14.9 Å². The first-order valence-electron chi connectivity index (χ1n) is 14.9. The molecule has 3 aromatic carbocycles. The summed E-state index contributed by atoms with van der Waals surface area (Å²) in [4.78, 5) is 14.4. The van der Waals surface area contributed by atoms with Gasteiger partial charge in [-0.3, -0.25) is 4.90 Å². The van der Waals surface area contributed by atoms with E-state index < -0.39 is 12.0 Å². The minimum absolute atomic E-state index is 0.0652. The second kappa shape index (κ2) is 10.4. The number of aryl methyl sites for hydroxylation is 1. The van der Waals surface area contributed by atoms with E-state index in [1.54, 1.807) is 18.2 Å². The Labute approximate surface area is 244 Å². The number of hydrogen-bond acceptors (Lipinski definition) is 6. The second-order valence-corrected chi connectivity index (χ2v) is 12.0. The van der Waals surface area contributed by atoms with E-state index in [1.807, 2.05) is 19.1 Å². The first kappa shape index (κ1) is 26.9. The van der Waals surface area contributed by atoms with Crippen LogP contribution < -0.4 is 9.64 Å². The number of halogens is 2. The van der Waals surface area contributed by atoms with Gasteiger partial charge in [0, 0.05) is 36.8 Å². The fourth-order valence-electron chi connectivity index (χ4n) is 7.43. The standard InChI is InChI=1S/C34H34F2N4O2/c1-3-25-29(36)11-8-22-16-24(41)17-28(30(22)25)26-9-10-27-31(21(26)2)37-33(38-32(27)39-13-5-4-6-14-39)42-20-34-12-7-15-40(34)19-23(35)18-34/h1,8-11,16-17,23,41H,4-7,12-15,18-20H2,2H3. The zero-order valence-corrected chi connectivity index (χ0v) is 23.8. The number of benzene rings is 3. The van der Waals surface area contributed by atoms with Gasteiger partial charge < -0.3 is 14.7 Å². The summed E-state index contributed by atoms with van der Waals surface area (Å²) in [5.41, 5.74) is 2.85. The third-order valence-corrected chi connectivity index (χ3v) is 9.45. The average Bonchev–Trinajstić information content (AvgIpc) is 3.52. The molecule has 2 unspecified atom stereocenters. The van der Waals surface area contributed by atoms with Gasteiger partial charge in [-0.05, 0) is 91.9 Å². The molecule has 7 rings (SSSR count). The zero-order chi connectivity index (χ0) is 29.0. The lowest BCUT2D eigenvalue weighted by atomic mass is 9.90. The lowest BCUT2D eigenvalue weighted by Crippen LogP contribution is -2.43. The summed E-state index contributed by atoms with van der Waals surface area (Å²) < 4.78 is 35.6. The van der Waals surface area contributed by atoms with Gasteiger partial charge in [0.2, 0.25) is 0 Å². The molecule has 0 saturated carbocycles. The lowest BCUT2D eigenvalue weighted by molar-refractivity contribution is 0.107. The Morgan fingerprint density at radius 3 is 2.71 bits per heavy atom. The van der Waals surface area contributed by atoms with Crippen LogP contribution in [0.5, 0.6) is 11.8 Å². The van der Waals surface area contributed by atoms with Gasteiger partial charge in [-0.15, -0.1) is 6.42 Å². The highest BCUT2D eigenvalue weighted by atomic mass is 19.1. The van der Waals surface area contributed by atoms with E-state index in [1.165, 1.54) is 12.5 Å². The van der Waals surface area contributed by atoms with Crippen LogP contribution in [0.3, 0.4) is 0 Å². The molecule has 0 spiro atoms. The highest BCUT2D eigenvalue weighted by molar-refractivity contribution is 6.05. The van der Waals surface area contributed by atoms with Gasteiger partial charge in [0.15, 0.2) is 0 Å². The van der Waals surface area contributed by atoms with Crippen molar-refractivity contribution >= 4 is 27.5 Å². The molecule has 8 heteroatoms.